The molecule has 0 spiro atoms. The van der Waals surface area contributed by atoms with Gasteiger partial charge in [-0.05, 0) is 38.5 Å². The summed E-state index contributed by atoms with van der Waals surface area (Å²) in [5.74, 6) is 4.64. The first kappa shape index (κ1) is 15.7. The van der Waals surface area contributed by atoms with Crippen LogP contribution in [0.4, 0.5) is 13.2 Å². The molecule has 1 saturated carbocycles. The SMILES string of the molecule is Cc1csc(CC(NN)C2CCC(C(F)(F)F)CC2)n1. The lowest BCUT2D eigenvalue weighted by atomic mass is 9.77. The van der Waals surface area contributed by atoms with Crippen molar-refractivity contribution in [2.75, 3.05) is 0 Å². The Morgan fingerprint density at radius 2 is 2.05 bits per heavy atom. The monoisotopic (exact) mass is 307 g/mol. The molecule has 0 aromatic carbocycles. The molecule has 1 atom stereocenters. The average Bonchev–Trinajstić information content (AvgIpc) is 2.81. The number of aryl methyl sites for hydroxylation is 1. The average molecular weight is 307 g/mol. The number of hydrogen-bond donors (Lipinski definition) is 2. The number of hydrogen-bond acceptors (Lipinski definition) is 4. The molecule has 1 aliphatic carbocycles. The minimum Gasteiger partial charge on any atom is -0.271 e. The van der Waals surface area contributed by atoms with Crippen LogP contribution < -0.4 is 11.3 Å². The molecular weight excluding hydrogens is 287 g/mol. The van der Waals surface area contributed by atoms with E-state index in [1.54, 1.807) is 11.3 Å². The molecule has 7 heteroatoms. The molecule has 1 aromatic heterocycles. The standard InChI is InChI=1S/C13H20F3N3S/c1-8-7-20-12(18-8)6-11(19-17)9-2-4-10(5-3-9)13(14,15)16/h7,9-11,19H,2-6,17H2,1H3. The Kier molecular flexibility index (Phi) is 5.04. The Morgan fingerprint density at radius 3 is 2.50 bits per heavy atom. The minimum atomic E-state index is -4.05. The van der Waals surface area contributed by atoms with Crippen LogP contribution in [-0.2, 0) is 6.42 Å². The molecule has 2 rings (SSSR count). The number of alkyl halides is 3. The third-order valence-corrected chi connectivity index (χ3v) is 5.07. The van der Waals surface area contributed by atoms with Gasteiger partial charge in [-0.3, -0.25) is 11.3 Å². The number of nitrogens with two attached hydrogens (primary N) is 1. The minimum absolute atomic E-state index is 0.00901. The summed E-state index contributed by atoms with van der Waals surface area (Å²) < 4.78 is 38.0. The first-order valence-electron chi connectivity index (χ1n) is 6.84. The Balaban J connectivity index is 1.90. The van der Waals surface area contributed by atoms with E-state index >= 15 is 0 Å². The predicted octanol–water partition coefficient (Wildman–Crippen LogP) is 3.19. The van der Waals surface area contributed by atoms with E-state index < -0.39 is 12.1 Å². The van der Waals surface area contributed by atoms with Crippen molar-refractivity contribution in [3.8, 4) is 0 Å². The van der Waals surface area contributed by atoms with Crippen molar-refractivity contribution < 1.29 is 13.2 Å². The van der Waals surface area contributed by atoms with Crippen molar-refractivity contribution in [2.45, 2.75) is 51.2 Å². The Hall–Kier alpha value is -0.660. The fourth-order valence-electron chi connectivity index (χ4n) is 2.90. The molecule has 0 radical (unpaired) electrons. The van der Waals surface area contributed by atoms with Gasteiger partial charge < -0.3 is 0 Å². The third kappa shape index (κ3) is 3.93. The summed E-state index contributed by atoms with van der Waals surface area (Å²) in [6.07, 6.45) is -1.79. The van der Waals surface area contributed by atoms with E-state index in [4.69, 9.17) is 5.84 Å². The molecule has 1 fully saturated rings. The summed E-state index contributed by atoms with van der Waals surface area (Å²) in [7, 11) is 0. The lowest BCUT2D eigenvalue weighted by molar-refractivity contribution is -0.184. The van der Waals surface area contributed by atoms with E-state index in [9.17, 15) is 13.2 Å². The normalized spacial score (nSPS) is 25.6. The van der Waals surface area contributed by atoms with Crippen LogP contribution in [0.2, 0.25) is 0 Å². The van der Waals surface area contributed by atoms with Gasteiger partial charge in [0.25, 0.3) is 0 Å². The molecular formula is C13H20F3N3S. The number of aromatic nitrogens is 1. The molecule has 1 heterocycles. The summed E-state index contributed by atoms with van der Waals surface area (Å²) in [4.78, 5) is 4.39. The van der Waals surface area contributed by atoms with Crippen LogP contribution in [0, 0.1) is 18.8 Å². The second-order valence-electron chi connectivity index (χ2n) is 5.51. The number of rotatable bonds is 4. The fourth-order valence-corrected chi connectivity index (χ4v) is 3.73. The number of halogens is 3. The van der Waals surface area contributed by atoms with Crippen molar-refractivity contribution in [2.24, 2.45) is 17.7 Å². The third-order valence-electron chi connectivity index (χ3n) is 4.08. The van der Waals surface area contributed by atoms with Gasteiger partial charge in [-0.1, -0.05) is 0 Å². The molecule has 20 heavy (non-hydrogen) atoms. The van der Waals surface area contributed by atoms with Crippen LogP contribution >= 0.6 is 11.3 Å². The second kappa shape index (κ2) is 6.41. The van der Waals surface area contributed by atoms with Crippen LogP contribution in [0.25, 0.3) is 0 Å². The number of thiazole rings is 1. The van der Waals surface area contributed by atoms with Gasteiger partial charge in [0.15, 0.2) is 0 Å². The van der Waals surface area contributed by atoms with Crippen molar-refractivity contribution in [3.63, 3.8) is 0 Å². The van der Waals surface area contributed by atoms with E-state index in [0.717, 1.165) is 10.7 Å². The highest BCUT2D eigenvalue weighted by Crippen LogP contribution is 2.40. The quantitative estimate of drug-likeness (QED) is 0.663. The lowest BCUT2D eigenvalue weighted by Gasteiger charge is -2.34. The molecule has 0 bridgehead atoms. The highest BCUT2D eigenvalue weighted by atomic mass is 32.1. The number of nitrogens with one attached hydrogen (secondary N) is 1. The molecule has 0 aliphatic heterocycles. The predicted molar refractivity (Wildman–Crippen MR) is 73.2 cm³/mol. The van der Waals surface area contributed by atoms with Crippen LogP contribution in [0.3, 0.4) is 0 Å². The smallest absolute Gasteiger partial charge is 0.271 e. The first-order valence-corrected chi connectivity index (χ1v) is 7.72. The summed E-state index contributed by atoms with van der Waals surface area (Å²) in [6.45, 7) is 1.93. The van der Waals surface area contributed by atoms with Crippen LogP contribution in [0.1, 0.15) is 36.4 Å². The summed E-state index contributed by atoms with van der Waals surface area (Å²) >= 11 is 1.58. The van der Waals surface area contributed by atoms with Gasteiger partial charge in [0, 0.05) is 23.5 Å². The van der Waals surface area contributed by atoms with Gasteiger partial charge in [-0.25, -0.2) is 4.98 Å². The fraction of sp³-hybridized carbons (Fsp3) is 0.769. The zero-order valence-corrected chi connectivity index (χ0v) is 12.2. The van der Waals surface area contributed by atoms with E-state index in [2.05, 4.69) is 10.4 Å². The Morgan fingerprint density at radius 1 is 1.40 bits per heavy atom. The van der Waals surface area contributed by atoms with E-state index in [-0.39, 0.29) is 24.8 Å². The van der Waals surface area contributed by atoms with Gasteiger partial charge in [-0.2, -0.15) is 13.2 Å². The molecule has 1 aliphatic rings. The summed E-state index contributed by atoms with van der Waals surface area (Å²) in [5.41, 5.74) is 3.74. The van der Waals surface area contributed by atoms with Gasteiger partial charge in [0.05, 0.1) is 10.9 Å². The molecule has 3 nitrogen and oxygen atoms in total. The molecule has 3 N–H and O–H groups in total. The Bertz CT molecular complexity index is 425. The Labute approximate surface area is 120 Å². The maximum Gasteiger partial charge on any atom is 0.391 e. The molecule has 114 valence electrons. The van der Waals surface area contributed by atoms with Crippen molar-refractivity contribution in [3.05, 3.63) is 16.1 Å². The van der Waals surface area contributed by atoms with Crippen molar-refractivity contribution >= 4 is 11.3 Å². The van der Waals surface area contributed by atoms with E-state index in [1.807, 2.05) is 12.3 Å². The van der Waals surface area contributed by atoms with Gasteiger partial charge in [0.2, 0.25) is 0 Å². The highest BCUT2D eigenvalue weighted by molar-refractivity contribution is 7.09. The maximum absolute atomic E-state index is 12.7. The molecule has 0 amide bonds. The van der Waals surface area contributed by atoms with E-state index in [1.165, 1.54) is 0 Å². The summed E-state index contributed by atoms with van der Waals surface area (Å²) in [5, 5.41) is 2.96. The number of hydrazine groups is 1. The van der Waals surface area contributed by atoms with E-state index in [0.29, 0.717) is 19.3 Å². The molecule has 1 aromatic rings. The van der Waals surface area contributed by atoms with Crippen LogP contribution in [-0.4, -0.2) is 17.2 Å². The molecule has 0 saturated heterocycles. The topological polar surface area (TPSA) is 50.9 Å². The lowest BCUT2D eigenvalue weighted by Crippen LogP contribution is -2.44. The van der Waals surface area contributed by atoms with Crippen molar-refractivity contribution in [1.29, 1.82) is 0 Å². The van der Waals surface area contributed by atoms with Gasteiger partial charge in [-0.15, -0.1) is 11.3 Å². The zero-order chi connectivity index (χ0) is 14.8. The first-order chi connectivity index (χ1) is 9.40. The van der Waals surface area contributed by atoms with Crippen molar-refractivity contribution in [1.82, 2.24) is 10.4 Å². The van der Waals surface area contributed by atoms with Crippen LogP contribution in [0.5, 0.6) is 0 Å². The zero-order valence-electron chi connectivity index (χ0n) is 11.4. The van der Waals surface area contributed by atoms with Gasteiger partial charge in [0.1, 0.15) is 0 Å². The largest absolute Gasteiger partial charge is 0.391 e. The van der Waals surface area contributed by atoms with Crippen LogP contribution in [0.15, 0.2) is 5.38 Å². The summed E-state index contributed by atoms with van der Waals surface area (Å²) in [6, 6.07) is 0.00901. The molecule has 1 unspecified atom stereocenters. The highest BCUT2D eigenvalue weighted by Gasteiger charge is 2.42. The van der Waals surface area contributed by atoms with Gasteiger partial charge >= 0.3 is 6.18 Å². The maximum atomic E-state index is 12.7. The number of nitrogens with zero attached hydrogens (tertiary/aromatic N) is 1. The second-order valence-corrected chi connectivity index (χ2v) is 6.46.